The van der Waals surface area contributed by atoms with Crippen molar-refractivity contribution in [3.8, 4) is 0 Å². The van der Waals surface area contributed by atoms with Crippen molar-refractivity contribution in [2.24, 2.45) is 11.8 Å². The van der Waals surface area contributed by atoms with E-state index in [1.807, 2.05) is 0 Å². The summed E-state index contributed by atoms with van der Waals surface area (Å²) in [5, 5.41) is 0. The minimum absolute atomic E-state index is 0.514. The normalized spacial score (nSPS) is 30.1. The van der Waals surface area contributed by atoms with Crippen LogP contribution in [0.4, 0.5) is 0 Å². The summed E-state index contributed by atoms with van der Waals surface area (Å²) in [5.74, 6) is 2.32. The molecule has 0 amide bonds. The summed E-state index contributed by atoms with van der Waals surface area (Å²) >= 11 is 0. The molecule has 1 aromatic rings. The average Bonchev–Trinajstić information content (AvgIpc) is 2.68. The quantitative estimate of drug-likeness (QED) is 0.503. The van der Waals surface area contributed by atoms with Gasteiger partial charge in [-0.2, -0.15) is 0 Å². The summed E-state index contributed by atoms with van der Waals surface area (Å²) < 4.78 is 6.02. The van der Waals surface area contributed by atoms with Crippen molar-refractivity contribution < 1.29 is 4.74 Å². The fraction of sp³-hybridized carbons (Fsp3) is 0.667. The average molecular weight is 341 g/mol. The summed E-state index contributed by atoms with van der Waals surface area (Å²) in [6.45, 7) is 7.05. The standard InChI is InChI=1S/C24H36O/c1-3-5-20-6-12-22(13-7-20)23-14-8-21(9-15-23)11-17-24-16-10-19(4-2)18-25-24/h4,6-7,12-13,19,21,23-24H,2-3,5,8-11,14-18H2,1H3. The summed E-state index contributed by atoms with van der Waals surface area (Å²) in [6, 6.07) is 9.48. The fourth-order valence-corrected chi connectivity index (χ4v) is 4.69. The van der Waals surface area contributed by atoms with E-state index in [0.717, 1.165) is 18.4 Å². The molecule has 1 heterocycles. The Morgan fingerprint density at radius 3 is 2.36 bits per heavy atom. The van der Waals surface area contributed by atoms with Crippen LogP contribution in [0.25, 0.3) is 0 Å². The van der Waals surface area contributed by atoms with Gasteiger partial charge in [0.05, 0.1) is 12.7 Å². The van der Waals surface area contributed by atoms with E-state index in [1.54, 1.807) is 5.56 Å². The molecule has 2 fully saturated rings. The van der Waals surface area contributed by atoms with E-state index in [0.29, 0.717) is 12.0 Å². The van der Waals surface area contributed by atoms with Crippen LogP contribution in [0.1, 0.15) is 81.8 Å². The minimum atomic E-state index is 0.514. The highest BCUT2D eigenvalue weighted by molar-refractivity contribution is 5.25. The van der Waals surface area contributed by atoms with Crippen molar-refractivity contribution in [2.45, 2.75) is 83.2 Å². The van der Waals surface area contributed by atoms with Gasteiger partial charge < -0.3 is 4.74 Å². The summed E-state index contributed by atoms with van der Waals surface area (Å²) in [6.07, 6.45) is 15.7. The Labute approximate surface area is 154 Å². The Bertz CT molecular complexity index is 501. The van der Waals surface area contributed by atoms with Gasteiger partial charge in [-0.3, -0.25) is 0 Å². The number of hydrogen-bond acceptors (Lipinski definition) is 1. The lowest BCUT2D eigenvalue weighted by molar-refractivity contribution is -0.0120. The first-order valence-corrected chi connectivity index (χ1v) is 10.6. The lowest BCUT2D eigenvalue weighted by Gasteiger charge is -2.31. The van der Waals surface area contributed by atoms with Crippen LogP contribution in [0.2, 0.25) is 0 Å². The van der Waals surface area contributed by atoms with Crippen LogP contribution in [-0.4, -0.2) is 12.7 Å². The van der Waals surface area contributed by atoms with Gasteiger partial charge in [0.25, 0.3) is 0 Å². The van der Waals surface area contributed by atoms with E-state index in [-0.39, 0.29) is 0 Å². The highest BCUT2D eigenvalue weighted by Gasteiger charge is 2.25. The fourth-order valence-electron chi connectivity index (χ4n) is 4.69. The smallest absolute Gasteiger partial charge is 0.0575 e. The number of benzene rings is 1. The molecule has 2 aliphatic rings. The van der Waals surface area contributed by atoms with Gasteiger partial charge in [0, 0.05) is 5.92 Å². The van der Waals surface area contributed by atoms with Gasteiger partial charge in [0.2, 0.25) is 0 Å². The third kappa shape index (κ3) is 5.45. The second-order valence-electron chi connectivity index (χ2n) is 8.32. The first-order chi connectivity index (χ1) is 12.3. The van der Waals surface area contributed by atoms with E-state index in [2.05, 4.69) is 43.8 Å². The number of aryl methyl sites for hydroxylation is 1. The Kier molecular flexibility index (Phi) is 7.16. The second-order valence-corrected chi connectivity index (χ2v) is 8.32. The second kappa shape index (κ2) is 9.57. The largest absolute Gasteiger partial charge is 0.378 e. The molecule has 0 bridgehead atoms. The van der Waals surface area contributed by atoms with Crippen molar-refractivity contribution in [1.82, 2.24) is 0 Å². The van der Waals surface area contributed by atoms with Crippen LogP contribution in [0.3, 0.4) is 0 Å². The Morgan fingerprint density at radius 1 is 1.00 bits per heavy atom. The Balaban J connectivity index is 1.38. The van der Waals surface area contributed by atoms with E-state index in [9.17, 15) is 0 Å². The van der Waals surface area contributed by atoms with E-state index in [1.165, 1.54) is 69.8 Å². The zero-order valence-electron chi connectivity index (χ0n) is 16.1. The number of hydrogen-bond donors (Lipinski definition) is 0. The molecule has 0 N–H and O–H groups in total. The molecular weight excluding hydrogens is 304 g/mol. The molecule has 0 spiro atoms. The van der Waals surface area contributed by atoms with Gasteiger partial charge in [0.1, 0.15) is 0 Å². The molecule has 1 saturated heterocycles. The van der Waals surface area contributed by atoms with E-state index >= 15 is 0 Å². The van der Waals surface area contributed by atoms with E-state index in [4.69, 9.17) is 4.74 Å². The third-order valence-electron chi connectivity index (χ3n) is 6.47. The van der Waals surface area contributed by atoms with Gasteiger partial charge in [-0.05, 0) is 80.8 Å². The predicted octanol–water partition coefficient (Wildman–Crippen LogP) is 6.67. The predicted molar refractivity (Wildman–Crippen MR) is 107 cm³/mol. The highest BCUT2D eigenvalue weighted by atomic mass is 16.5. The van der Waals surface area contributed by atoms with Crippen molar-refractivity contribution in [1.29, 1.82) is 0 Å². The molecule has 0 radical (unpaired) electrons. The summed E-state index contributed by atoms with van der Waals surface area (Å²) in [7, 11) is 0. The van der Waals surface area contributed by atoms with Crippen LogP contribution >= 0.6 is 0 Å². The lowest BCUT2D eigenvalue weighted by atomic mass is 9.76. The van der Waals surface area contributed by atoms with Crippen LogP contribution < -0.4 is 0 Å². The molecule has 2 unspecified atom stereocenters. The topological polar surface area (TPSA) is 9.23 Å². The molecule has 0 aromatic heterocycles. The molecule has 1 aliphatic heterocycles. The SMILES string of the molecule is C=CC1CCC(CCC2CCC(c3ccc(CCC)cc3)CC2)OC1. The molecule has 3 rings (SSSR count). The molecule has 1 nitrogen and oxygen atoms in total. The maximum Gasteiger partial charge on any atom is 0.0575 e. The van der Waals surface area contributed by atoms with Crippen molar-refractivity contribution >= 4 is 0 Å². The molecular formula is C24H36O. The van der Waals surface area contributed by atoms with Crippen molar-refractivity contribution in [2.75, 3.05) is 6.61 Å². The molecule has 25 heavy (non-hydrogen) atoms. The van der Waals surface area contributed by atoms with Crippen LogP contribution in [0.5, 0.6) is 0 Å². The van der Waals surface area contributed by atoms with Gasteiger partial charge >= 0.3 is 0 Å². The number of rotatable bonds is 7. The zero-order valence-corrected chi connectivity index (χ0v) is 16.1. The van der Waals surface area contributed by atoms with Gasteiger partial charge in [-0.1, -0.05) is 43.7 Å². The third-order valence-corrected chi connectivity index (χ3v) is 6.47. The first kappa shape index (κ1) is 18.7. The number of ether oxygens (including phenoxy) is 1. The maximum atomic E-state index is 6.02. The van der Waals surface area contributed by atoms with Crippen LogP contribution in [0.15, 0.2) is 36.9 Å². The summed E-state index contributed by atoms with van der Waals surface area (Å²) in [4.78, 5) is 0. The first-order valence-electron chi connectivity index (χ1n) is 10.6. The van der Waals surface area contributed by atoms with Crippen molar-refractivity contribution in [3.05, 3.63) is 48.0 Å². The molecule has 1 heteroatoms. The van der Waals surface area contributed by atoms with Gasteiger partial charge in [0.15, 0.2) is 0 Å². The molecule has 1 aromatic carbocycles. The summed E-state index contributed by atoms with van der Waals surface area (Å²) in [5.41, 5.74) is 3.07. The molecule has 138 valence electrons. The van der Waals surface area contributed by atoms with Gasteiger partial charge in [-0.15, -0.1) is 6.58 Å². The minimum Gasteiger partial charge on any atom is -0.378 e. The zero-order chi connectivity index (χ0) is 17.5. The van der Waals surface area contributed by atoms with Crippen molar-refractivity contribution in [3.63, 3.8) is 0 Å². The highest BCUT2D eigenvalue weighted by Crippen LogP contribution is 2.38. The lowest BCUT2D eigenvalue weighted by Crippen LogP contribution is -2.25. The van der Waals surface area contributed by atoms with E-state index < -0.39 is 0 Å². The molecule has 1 aliphatic carbocycles. The van der Waals surface area contributed by atoms with Crippen LogP contribution in [-0.2, 0) is 11.2 Å². The Morgan fingerprint density at radius 2 is 1.76 bits per heavy atom. The molecule has 1 saturated carbocycles. The monoisotopic (exact) mass is 340 g/mol. The van der Waals surface area contributed by atoms with Crippen LogP contribution in [0, 0.1) is 11.8 Å². The Hall–Kier alpha value is -1.08. The van der Waals surface area contributed by atoms with Gasteiger partial charge in [-0.25, -0.2) is 0 Å². The molecule has 2 atom stereocenters. The maximum absolute atomic E-state index is 6.02.